The molecule has 1 heterocycles. The number of aryl methyl sites for hydroxylation is 1. The van der Waals surface area contributed by atoms with E-state index in [-0.39, 0.29) is 5.82 Å². The monoisotopic (exact) mass is 310 g/mol. The predicted octanol–water partition coefficient (Wildman–Crippen LogP) is 5.52. The van der Waals surface area contributed by atoms with E-state index in [1.807, 2.05) is 0 Å². The number of nitrogens with zero attached hydrogens (tertiary/aromatic N) is 2. The fourth-order valence-electron chi connectivity index (χ4n) is 2.67. The molecule has 0 atom stereocenters. The summed E-state index contributed by atoms with van der Waals surface area (Å²) < 4.78 is 15.5. The van der Waals surface area contributed by atoms with Crippen molar-refractivity contribution in [2.75, 3.05) is 0 Å². The zero-order valence-corrected chi connectivity index (χ0v) is 13.7. The van der Waals surface area contributed by atoms with Crippen LogP contribution in [0.5, 0.6) is 0 Å². The molecule has 0 radical (unpaired) electrons. The van der Waals surface area contributed by atoms with E-state index in [9.17, 15) is 4.39 Å². The number of fused-ring (bicyclic) bond motifs is 1. The minimum Gasteiger partial charge on any atom is -0.327 e. The van der Waals surface area contributed by atoms with Crippen molar-refractivity contribution < 1.29 is 4.39 Å². The van der Waals surface area contributed by atoms with Gasteiger partial charge in [-0.25, -0.2) is 9.37 Å². The lowest BCUT2D eigenvalue weighted by molar-refractivity contribution is 0.505. The zero-order valence-electron chi connectivity index (χ0n) is 12.9. The summed E-state index contributed by atoms with van der Waals surface area (Å²) in [6, 6.07) is 4.72. The molecular weight excluding hydrogens is 287 g/mol. The molecule has 0 saturated carbocycles. The van der Waals surface area contributed by atoms with Crippen LogP contribution in [0.1, 0.15) is 51.8 Å². The molecule has 0 bridgehead atoms. The van der Waals surface area contributed by atoms with Gasteiger partial charge in [-0.15, -0.1) is 11.6 Å². The average Bonchev–Trinajstić information content (AvgIpc) is 2.79. The van der Waals surface area contributed by atoms with E-state index in [0.29, 0.717) is 5.88 Å². The molecule has 116 valence electrons. The van der Waals surface area contributed by atoms with Crippen molar-refractivity contribution in [3.63, 3.8) is 0 Å². The number of rotatable bonds is 8. The number of aromatic nitrogens is 2. The summed E-state index contributed by atoms with van der Waals surface area (Å²) in [5, 5.41) is 0. The Balaban J connectivity index is 1.95. The molecule has 0 unspecified atom stereocenters. The molecular formula is C17H24ClFN2. The maximum atomic E-state index is 13.4. The van der Waals surface area contributed by atoms with Gasteiger partial charge in [0.05, 0.1) is 16.9 Å². The fraction of sp³-hybridized carbons (Fsp3) is 0.588. The third-order valence-electron chi connectivity index (χ3n) is 3.82. The van der Waals surface area contributed by atoms with Crippen LogP contribution in [0.3, 0.4) is 0 Å². The summed E-state index contributed by atoms with van der Waals surface area (Å²) in [7, 11) is 0. The number of hydrogen-bond acceptors (Lipinski definition) is 1. The van der Waals surface area contributed by atoms with Crippen molar-refractivity contribution >= 4 is 22.6 Å². The first-order valence-corrected chi connectivity index (χ1v) is 8.36. The molecule has 0 fully saturated rings. The Bertz CT molecular complexity index is 577. The number of alkyl halides is 1. The summed E-state index contributed by atoms with van der Waals surface area (Å²) in [6.45, 7) is 5.39. The predicted molar refractivity (Wildman–Crippen MR) is 87.2 cm³/mol. The highest BCUT2D eigenvalue weighted by Gasteiger charge is 2.10. The molecule has 0 spiro atoms. The number of imidazole rings is 1. The summed E-state index contributed by atoms with van der Waals surface area (Å²) in [5.74, 6) is 1.76. The minimum atomic E-state index is -0.221. The van der Waals surface area contributed by atoms with Crippen LogP contribution < -0.4 is 0 Å². The van der Waals surface area contributed by atoms with Crippen molar-refractivity contribution in [1.82, 2.24) is 9.55 Å². The Labute approximate surface area is 131 Å². The Kier molecular flexibility index (Phi) is 6.04. The molecule has 0 aliphatic heterocycles. The molecule has 21 heavy (non-hydrogen) atoms. The zero-order chi connectivity index (χ0) is 15.2. The maximum absolute atomic E-state index is 13.4. The summed E-state index contributed by atoms with van der Waals surface area (Å²) in [6.07, 6.45) is 6.13. The highest BCUT2D eigenvalue weighted by Crippen LogP contribution is 2.20. The minimum absolute atomic E-state index is 0.221. The Morgan fingerprint density at radius 1 is 1.19 bits per heavy atom. The molecule has 2 aromatic rings. The van der Waals surface area contributed by atoms with Crippen molar-refractivity contribution in [2.45, 2.75) is 58.4 Å². The molecule has 4 heteroatoms. The van der Waals surface area contributed by atoms with Gasteiger partial charge in [-0.1, -0.05) is 39.5 Å². The second-order valence-corrected chi connectivity index (χ2v) is 6.31. The first kappa shape index (κ1) is 16.3. The molecule has 2 rings (SSSR count). The molecule has 0 aliphatic rings. The van der Waals surface area contributed by atoms with E-state index in [2.05, 4.69) is 23.4 Å². The van der Waals surface area contributed by atoms with Gasteiger partial charge in [0.25, 0.3) is 0 Å². The van der Waals surface area contributed by atoms with Crippen LogP contribution >= 0.6 is 11.6 Å². The van der Waals surface area contributed by atoms with E-state index in [0.717, 1.165) is 35.7 Å². The second kappa shape index (κ2) is 7.79. The quantitative estimate of drug-likeness (QED) is 0.463. The van der Waals surface area contributed by atoms with E-state index >= 15 is 0 Å². The molecule has 0 amide bonds. The normalized spacial score (nSPS) is 11.7. The molecule has 0 saturated heterocycles. The molecule has 0 aliphatic carbocycles. The van der Waals surface area contributed by atoms with Crippen LogP contribution in [0, 0.1) is 11.7 Å². The van der Waals surface area contributed by atoms with Gasteiger partial charge in [-0.05, 0) is 30.5 Å². The maximum Gasteiger partial charge on any atom is 0.125 e. The van der Waals surface area contributed by atoms with Gasteiger partial charge in [-0.2, -0.15) is 0 Å². The highest BCUT2D eigenvalue weighted by atomic mass is 35.5. The molecule has 2 nitrogen and oxygen atoms in total. The van der Waals surface area contributed by atoms with Crippen molar-refractivity contribution in [3.05, 3.63) is 29.8 Å². The fourth-order valence-corrected chi connectivity index (χ4v) is 2.88. The molecule has 1 aromatic carbocycles. The lowest BCUT2D eigenvalue weighted by atomic mass is 10.0. The topological polar surface area (TPSA) is 17.8 Å². The average molecular weight is 311 g/mol. The first-order chi connectivity index (χ1) is 10.1. The standard InChI is InChI=1S/C17H24ClFN2/c1-13(2)7-5-3-4-6-10-21-16-11-14(19)8-9-15(16)20-17(21)12-18/h8-9,11,13H,3-7,10,12H2,1-2H3. The SMILES string of the molecule is CC(C)CCCCCCn1c(CCl)nc2ccc(F)cc21. The highest BCUT2D eigenvalue weighted by molar-refractivity contribution is 6.16. The largest absolute Gasteiger partial charge is 0.327 e. The van der Waals surface area contributed by atoms with Crippen LogP contribution in [0.25, 0.3) is 11.0 Å². The van der Waals surface area contributed by atoms with Crippen molar-refractivity contribution in [1.29, 1.82) is 0 Å². The van der Waals surface area contributed by atoms with Gasteiger partial charge in [0.2, 0.25) is 0 Å². The van der Waals surface area contributed by atoms with E-state index < -0.39 is 0 Å². The Hall–Kier alpha value is -1.09. The number of benzene rings is 1. The van der Waals surface area contributed by atoms with Crippen LogP contribution in [0.2, 0.25) is 0 Å². The van der Waals surface area contributed by atoms with Crippen LogP contribution in [0.4, 0.5) is 4.39 Å². The van der Waals surface area contributed by atoms with Gasteiger partial charge in [0.1, 0.15) is 11.6 Å². The number of hydrogen-bond donors (Lipinski definition) is 0. The molecule has 0 N–H and O–H groups in total. The number of halogens is 2. The van der Waals surface area contributed by atoms with Crippen LogP contribution in [0.15, 0.2) is 18.2 Å². The van der Waals surface area contributed by atoms with Gasteiger partial charge in [0, 0.05) is 6.54 Å². The van der Waals surface area contributed by atoms with E-state index in [4.69, 9.17) is 11.6 Å². The smallest absolute Gasteiger partial charge is 0.125 e. The van der Waals surface area contributed by atoms with Crippen LogP contribution in [-0.2, 0) is 12.4 Å². The van der Waals surface area contributed by atoms with E-state index in [1.54, 1.807) is 12.1 Å². The Morgan fingerprint density at radius 2 is 1.95 bits per heavy atom. The third-order valence-corrected chi connectivity index (χ3v) is 4.06. The number of unbranched alkanes of at least 4 members (excludes halogenated alkanes) is 3. The van der Waals surface area contributed by atoms with Crippen molar-refractivity contribution in [2.24, 2.45) is 5.92 Å². The van der Waals surface area contributed by atoms with Gasteiger partial charge < -0.3 is 4.57 Å². The van der Waals surface area contributed by atoms with Gasteiger partial charge in [0.15, 0.2) is 0 Å². The lowest BCUT2D eigenvalue weighted by Gasteiger charge is -2.08. The van der Waals surface area contributed by atoms with Gasteiger partial charge >= 0.3 is 0 Å². The third kappa shape index (κ3) is 4.44. The summed E-state index contributed by atoms with van der Waals surface area (Å²) >= 11 is 5.96. The summed E-state index contributed by atoms with van der Waals surface area (Å²) in [4.78, 5) is 4.47. The van der Waals surface area contributed by atoms with Crippen LogP contribution in [-0.4, -0.2) is 9.55 Å². The first-order valence-electron chi connectivity index (χ1n) is 7.82. The van der Waals surface area contributed by atoms with Crippen molar-refractivity contribution in [3.8, 4) is 0 Å². The summed E-state index contributed by atoms with van der Waals surface area (Å²) in [5.41, 5.74) is 1.68. The van der Waals surface area contributed by atoms with E-state index in [1.165, 1.54) is 31.7 Å². The molecule has 1 aromatic heterocycles. The second-order valence-electron chi connectivity index (χ2n) is 6.04. The van der Waals surface area contributed by atoms with Gasteiger partial charge in [-0.3, -0.25) is 0 Å². The Morgan fingerprint density at radius 3 is 2.67 bits per heavy atom. The lowest BCUT2D eigenvalue weighted by Crippen LogP contribution is -2.02.